The lowest BCUT2D eigenvalue weighted by atomic mass is 9.94. The number of hydrogen-bond donors (Lipinski definition) is 0. The molecule has 9 heteroatoms. The van der Waals surface area contributed by atoms with E-state index >= 15 is 0 Å². The molecule has 0 saturated carbocycles. The monoisotopic (exact) mass is 406 g/mol. The maximum absolute atomic E-state index is 9.13. The van der Waals surface area contributed by atoms with Gasteiger partial charge < -0.3 is 9.80 Å². The molecule has 0 unspecified atom stereocenters. The van der Waals surface area contributed by atoms with E-state index in [9.17, 15) is 0 Å². The highest BCUT2D eigenvalue weighted by atomic mass is 35.5. The number of fused-ring (bicyclic) bond motifs is 1. The summed E-state index contributed by atoms with van der Waals surface area (Å²) in [6, 6.07) is 5.98. The Morgan fingerprint density at radius 1 is 0.966 bits per heavy atom. The number of pyridine rings is 1. The Bertz CT molecular complexity index is 1080. The maximum Gasteiger partial charge on any atom is 0.226 e. The van der Waals surface area contributed by atoms with Crippen molar-refractivity contribution in [2.24, 2.45) is 5.92 Å². The molecule has 29 heavy (non-hydrogen) atoms. The topological polar surface area (TPSA) is 94.7 Å². The van der Waals surface area contributed by atoms with E-state index in [0.29, 0.717) is 16.6 Å². The number of hydrogen-bond acceptors (Lipinski definition) is 8. The summed E-state index contributed by atoms with van der Waals surface area (Å²) in [5.74, 6) is 2.08. The van der Waals surface area contributed by atoms with Gasteiger partial charge in [0.15, 0.2) is 5.82 Å². The lowest BCUT2D eigenvalue weighted by Crippen LogP contribution is -2.47. The molecule has 0 spiro atoms. The molecule has 3 aromatic heterocycles. The van der Waals surface area contributed by atoms with Gasteiger partial charge in [0.25, 0.3) is 0 Å². The molecule has 0 bridgehead atoms. The van der Waals surface area contributed by atoms with Crippen LogP contribution in [0.4, 0.5) is 11.8 Å². The average molecular weight is 407 g/mol. The molecule has 146 valence electrons. The molecule has 0 aromatic carbocycles. The molecule has 3 aromatic rings. The van der Waals surface area contributed by atoms with Gasteiger partial charge in [-0.25, -0.2) is 19.9 Å². The van der Waals surface area contributed by atoms with Crippen molar-refractivity contribution in [2.45, 2.75) is 18.8 Å². The SMILES string of the molecule is N#CC1CCN(c2nccnc2C2CN(c3ncc4nc(Cl)ccc4n3)C2)CC1. The molecular formula is C20H19ClN8. The normalized spacial score (nSPS) is 17.9. The molecule has 0 amide bonds. The smallest absolute Gasteiger partial charge is 0.226 e. The average Bonchev–Trinajstić information content (AvgIpc) is 2.73. The van der Waals surface area contributed by atoms with Crippen molar-refractivity contribution in [2.75, 3.05) is 36.0 Å². The van der Waals surface area contributed by atoms with Gasteiger partial charge in [-0.2, -0.15) is 5.26 Å². The zero-order chi connectivity index (χ0) is 19.8. The number of rotatable bonds is 3. The van der Waals surface area contributed by atoms with Crippen LogP contribution in [0.2, 0.25) is 5.15 Å². The number of nitrogens with zero attached hydrogens (tertiary/aromatic N) is 8. The number of piperidine rings is 1. The van der Waals surface area contributed by atoms with Crippen LogP contribution in [-0.2, 0) is 0 Å². The molecular weight excluding hydrogens is 388 g/mol. The predicted molar refractivity (Wildman–Crippen MR) is 110 cm³/mol. The minimum atomic E-state index is 0.153. The second-order valence-electron chi connectivity index (χ2n) is 7.47. The molecule has 2 saturated heterocycles. The number of aromatic nitrogens is 5. The first-order chi connectivity index (χ1) is 14.2. The standard InChI is InChI=1S/C20H19ClN8/c21-17-2-1-15-16(26-17)10-25-20(27-15)29-11-14(12-29)18-19(24-6-5-23-18)28-7-3-13(9-22)4-8-28/h1-2,5-6,10,13-14H,3-4,7-8,11-12H2. The molecule has 0 N–H and O–H groups in total. The van der Waals surface area contributed by atoms with Gasteiger partial charge in [0.1, 0.15) is 10.7 Å². The van der Waals surface area contributed by atoms with Crippen LogP contribution in [0.25, 0.3) is 11.0 Å². The molecule has 0 radical (unpaired) electrons. The van der Waals surface area contributed by atoms with Crippen molar-refractivity contribution in [1.82, 2.24) is 24.9 Å². The molecule has 5 rings (SSSR count). The molecule has 0 aliphatic carbocycles. The van der Waals surface area contributed by atoms with Crippen LogP contribution in [0.15, 0.2) is 30.7 Å². The molecule has 2 aliphatic rings. The third-order valence-electron chi connectivity index (χ3n) is 5.63. The summed E-state index contributed by atoms with van der Waals surface area (Å²) in [4.78, 5) is 27.0. The van der Waals surface area contributed by atoms with E-state index in [2.05, 4.69) is 40.8 Å². The Labute approximate surface area is 173 Å². The summed E-state index contributed by atoms with van der Waals surface area (Å²) in [5.41, 5.74) is 2.49. The molecule has 5 heterocycles. The number of halogens is 1. The van der Waals surface area contributed by atoms with Gasteiger partial charge in [-0.15, -0.1) is 0 Å². The van der Waals surface area contributed by atoms with Crippen molar-refractivity contribution >= 4 is 34.4 Å². The predicted octanol–water partition coefficient (Wildman–Crippen LogP) is 2.81. The summed E-state index contributed by atoms with van der Waals surface area (Å²) in [6.07, 6.45) is 6.98. The third-order valence-corrected chi connectivity index (χ3v) is 5.84. The Morgan fingerprint density at radius 3 is 2.55 bits per heavy atom. The Hall–Kier alpha value is -3.05. The van der Waals surface area contributed by atoms with Crippen molar-refractivity contribution in [1.29, 1.82) is 5.26 Å². The fourth-order valence-electron chi connectivity index (χ4n) is 3.95. The third kappa shape index (κ3) is 3.42. The second-order valence-corrected chi connectivity index (χ2v) is 7.85. The van der Waals surface area contributed by atoms with Crippen molar-refractivity contribution in [3.05, 3.63) is 41.6 Å². The molecule has 2 aliphatic heterocycles. The van der Waals surface area contributed by atoms with Gasteiger partial charge in [-0.3, -0.25) is 4.98 Å². The highest BCUT2D eigenvalue weighted by Crippen LogP contribution is 2.34. The van der Waals surface area contributed by atoms with Gasteiger partial charge in [0.2, 0.25) is 5.95 Å². The van der Waals surface area contributed by atoms with Crippen LogP contribution >= 0.6 is 11.6 Å². The summed E-state index contributed by atoms with van der Waals surface area (Å²) in [5, 5.41) is 9.57. The van der Waals surface area contributed by atoms with Crippen LogP contribution in [0, 0.1) is 17.2 Å². The first-order valence-electron chi connectivity index (χ1n) is 9.71. The summed E-state index contributed by atoms with van der Waals surface area (Å²) in [7, 11) is 0. The van der Waals surface area contributed by atoms with Crippen molar-refractivity contribution in [3.63, 3.8) is 0 Å². The first-order valence-corrected chi connectivity index (χ1v) is 10.1. The zero-order valence-corrected chi connectivity index (χ0v) is 16.5. The largest absolute Gasteiger partial charge is 0.355 e. The quantitative estimate of drug-likeness (QED) is 0.613. The van der Waals surface area contributed by atoms with E-state index in [1.807, 2.05) is 6.07 Å². The van der Waals surface area contributed by atoms with Gasteiger partial charge in [0.05, 0.1) is 23.5 Å². The first kappa shape index (κ1) is 18.0. The zero-order valence-electron chi connectivity index (χ0n) is 15.7. The van der Waals surface area contributed by atoms with Crippen molar-refractivity contribution < 1.29 is 0 Å². The Kier molecular flexibility index (Phi) is 4.60. The maximum atomic E-state index is 9.13. The van der Waals surface area contributed by atoms with E-state index in [4.69, 9.17) is 16.9 Å². The van der Waals surface area contributed by atoms with Gasteiger partial charge in [0, 0.05) is 50.4 Å². The van der Waals surface area contributed by atoms with Crippen LogP contribution < -0.4 is 9.80 Å². The molecule has 0 atom stereocenters. The summed E-state index contributed by atoms with van der Waals surface area (Å²) >= 11 is 5.93. The Morgan fingerprint density at radius 2 is 1.76 bits per heavy atom. The molecule has 2 fully saturated rings. The Balaban J connectivity index is 1.31. The minimum Gasteiger partial charge on any atom is -0.355 e. The fraction of sp³-hybridized carbons (Fsp3) is 0.400. The van der Waals surface area contributed by atoms with Gasteiger partial charge in [-0.1, -0.05) is 11.6 Å². The lowest BCUT2D eigenvalue weighted by Gasteiger charge is -2.40. The van der Waals surface area contributed by atoms with Crippen LogP contribution in [0.3, 0.4) is 0 Å². The molecule has 8 nitrogen and oxygen atoms in total. The second kappa shape index (κ2) is 7.41. The minimum absolute atomic E-state index is 0.153. The van der Waals surface area contributed by atoms with Crippen molar-refractivity contribution in [3.8, 4) is 6.07 Å². The van der Waals surface area contributed by atoms with Crippen LogP contribution in [0.1, 0.15) is 24.5 Å². The number of nitriles is 1. The van der Waals surface area contributed by atoms with Crippen LogP contribution in [-0.4, -0.2) is 51.1 Å². The van der Waals surface area contributed by atoms with E-state index in [1.165, 1.54) is 0 Å². The van der Waals surface area contributed by atoms with E-state index in [1.54, 1.807) is 24.7 Å². The fourth-order valence-corrected chi connectivity index (χ4v) is 4.10. The summed E-state index contributed by atoms with van der Waals surface area (Å²) < 4.78 is 0. The number of anilines is 2. The van der Waals surface area contributed by atoms with E-state index in [0.717, 1.165) is 56.0 Å². The highest BCUT2D eigenvalue weighted by Gasteiger charge is 2.34. The van der Waals surface area contributed by atoms with Gasteiger partial charge >= 0.3 is 0 Å². The van der Waals surface area contributed by atoms with E-state index in [-0.39, 0.29) is 11.8 Å². The summed E-state index contributed by atoms with van der Waals surface area (Å²) in [6.45, 7) is 3.30. The van der Waals surface area contributed by atoms with Gasteiger partial charge in [-0.05, 0) is 25.0 Å². The highest BCUT2D eigenvalue weighted by molar-refractivity contribution is 6.29. The van der Waals surface area contributed by atoms with E-state index < -0.39 is 0 Å². The lowest BCUT2D eigenvalue weighted by molar-refractivity contribution is 0.472. The van der Waals surface area contributed by atoms with Crippen LogP contribution in [0.5, 0.6) is 0 Å².